The van der Waals surface area contributed by atoms with Gasteiger partial charge < -0.3 is 10.3 Å². The minimum absolute atomic E-state index is 0.0187. The van der Waals surface area contributed by atoms with Crippen molar-refractivity contribution in [2.75, 3.05) is 5.01 Å². The van der Waals surface area contributed by atoms with Gasteiger partial charge in [0.25, 0.3) is 5.89 Å². The van der Waals surface area contributed by atoms with Crippen LogP contribution in [-0.4, -0.2) is 15.1 Å². The number of hydrogen-bond acceptors (Lipinski definition) is 7. The lowest BCUT2D eigenvalue weighted by Crippen LogP contribution is -2.32. The zero-order chi connectivity index (χ0) is 23.6. The number of hydrazine groups is 1. The molecule has 0 aliphatic rings. The van der Waals surface area contributed by atoms with Gasteiger partial charge in [-0.25, -0.2) is 10.2 Å². The van der Waals surface area contributed by atoms with E-state index in [-0.39, 0.29) is 34.4 Å². The Balaban J connectivity index is 1.77. The fourth-order valence-electron chi connectivity index (χ4n) is 3.06. The maximum Gasteiger partial charge on any atom is 0.416 e. The highest BCUT2D eigenvalue weighted by Gasteiger charge is 2.30. The van der Waals surface area contributed by atoms with Gasteiger partial charge in [0.2, 0.25) is 5.82 Å². The molecule has 2 aromatic carbocycles. The zero-order valence-electron chi connectivity index (χ0n) is 16.8. The summed E-state index contributed by atoms with van der Waals surface area (Å²) in [7, 11) is 0. The van der Waals surface area contributed by atoms with Crippen molar-refractivity contribution >= 4 is 17.1 Å². The summed E-state index contributed by atoms with van der Waals surface area (Å²) in [6, 6.07) is 13.3. The standard InChI is InChI=1S/C22H16F4N6O/c23-16-3-1-2-4-17(16)32(28)19(13-9-11-29-12-10-13)18(27)21-30-20(31-33-21)14-5-7-15(8-6-14)22(24,25)26/h1-12H,27-28H2/b19-18-. The van der Waals surface area contributed by atoms with E-state index in [1.807, 2.05) is 0 Å². The van der Waals surface area contributed by atoms with Gasteiger partial charge in [-0.15, -0.1) is 0 Å². The molecule has 0 aliphatic carbocycles. The van der Waals surface area contributed by atoms with Gasteiger partial charge in [0.15, 0.2) is 0 Å². The zero-order valence-corrected chi connectivity index (χ0v) is 16.8. The third kappa shape index (κ3) is 4.53. The molecule has 0 bridgehead atoms. The summed E-state index contributed by atoms with van der Waals surface area (Å²) >= 11 is 0. The highest BCUT2D eigenvalue weighted by Crippen LogP contribution is 2.32. The molecular weight excluding hydrogens is 440 g/mol. The van der Waals surface area contributed by atoms with Crippen LogP contribution in [0.15, 0.2) is 77.6 Å². The molecule has 0 saturated carbocycles. The minimum Gasteiger partial charge on any atom is -0.392 e. The Bertz CT molecular complexity index is 1290. The van der Waals surface area contributed by atoms with E-state index < -0.39 is 17.6 Å². The molecule has 7 nitrogen and oxygen atoms in total. The SMILES string of the molecule is N/C(=C(/c1ccncc1)N(N)c1ccccc1F)c1nc(-c2ccc(C(F)(F)F)cc2)no1. The molecule has 0 saturated heterocycles. The highest BCUT2D eigenvalue weighted by molar-refractivity contribution is 5.93. The Morgan fingerprint density at radius 1 is 0.939 bits per heavy atom. The molecule has 168 valence electrons. The normalized spacial score (nSPS) is 12.4. The first kappa shape index (κ1) is 22.0. The van der Waals surface area contributed by atoms with Crippen LogP contribution in [0.25, 0.3) is 22.8 Å². The number of anilines is 1. The number of hydrogen-bond donors (Lipinski definition) is 2. The lowest BCUT2D eigenvalue weighted by Gasteiger charge is -2.23. The first-order chi connectivity index (χ1) is 15.8. The highest BCUT2D eigenvalue weighted by atomic mass is 19.4. The van der Waals surface area contributed by atoms with Crippen LogP contribution in [0.3, 0.4) is 0 Å². The smallest absolute Gasteiger partial charge is 0.392 e. The molecule has 2 aromatic heterocycles. The number of nitrogens with zero attached hydrogens (tertiary/aromatic N) is 4. The van der Waals surface area contributed by atoms with Gasteiger partial charge in [-0.3, -0.25) is 9.99 Å². The van der Waals surface area contributed by atoms with E-state index in [9.17, 15) is 17.6 Å². The molecule has 33 heavy (non-hydrogen) atoms. The maximum absolute atomic E-state index is 14.4. The number of alkyl halides is 3. The van der Waals surface area contributed by atoms with Crippen molar-refractivity contribution in [2.24, 2.45) is 11.6 Å². The third-order valence-corrected chi connectivity index (χ3v) is 4.69. The van der Waals surface area contributed by atoms with Crippen LogP contribution < -0.4 is 16.6 Å². The van der Waals surface area contributed by atoms with Crippen LogP contribution in [0.2, 0.25) is 0 Å². The number of rotatable bonds is 5. The van der Waals surface area contributed by atoms with Crippen molar-refractivity contribution in [1.82, 2.24) is 15.1 Å². The lowest BCUT2D eigenvalue weighted by atomic mass is 10.1. The molecule has 0 amide bonds. The predicted octanol–water partition coefficient (Wildman–Crippen LogP) is 4.45. The number of para-hydroxylation sites is 1. The molecule has 0 aliphatic heterocycles. The van der Waals surface area contributed by atoms with Gasteiger partial charge in [-0.2, -0.15) is 18.2 Å². The van der Waals surface area contributed by atoms with E-state index in [1.165, 1.54) is 42.7 Å². The quantitative estimate of drug-likeness (QED) is 0.259. The molecule has 0 spiro atoms. The molecule has 2 heterocycles. The van der Waals surface area contributed by atoms with E-state index >= 15 is 0 Å². The van der Waals surface area contributed by atoms with E-state index in [2.05, 4.69) is 15.1 Å². The van der Waals surface area contributed by atoms with Crippen molar-refractivity contribution in [3.05, 3.63) is 95.9 Å². The summed E-state index contributed by atoms with van der Waals surface area (Å²) in [4.78, 5) is 8.13. The van der Waals surface area contributed by atoms with Crippen LogP contribution in [-0.2, 0) is 6.18 Å². The van der Waals surface area contributed by atoms with E-state index in [4.69, 9.17) is 16.1 Å². The second-order valence-corrected chi connectivity index (χ2v) is 6.82. The predicted molar refractivity (Wildman–Crippen MR) is 113 cm³/mol. The summed E-state index contributed by atoms with van der Waals surface area (Å²) in [5.41, 5.74) is 6.39. The summed E-state index contributed by atoms with van der Waals surface area (Å²) in [5, 5.41) is 4.84. The number of halogens is 4. The molecule has 4 aromatic rings. The molecular formula is C22H16F4N6O. The monoisotopic (exact) mass is 456 g/mol. The second-order valence-electron chi connectivity index (χ2n) is 6.82. The van der Waals surface area contributed by atoms with Crippen molar-refractivity contribution in [3.8, 4) is 11.4 Å². The van der Waals surface area contributed by atoms with E-state index in [0.29, 0.717) is 5.56 Å². The summed E-state index contributed by atoms with van der Waals surface area (Å²) < 4.78 is 58.1. The van der Waals surface area contributed by atoms with Crippen LogP contribution >= 0.6 is 0 Å². The Morgan fingerprint density at radius 2 is 1.61 bits per heavy atom. The number of pyridine rings is 1. The fraction of sp³-hybridized carbons (Fsp3) is 0.0455. The number of nitrogens with two attached hydrogens (primary N) is 2. The topological polar surface area (TPSA) is 107 Å². The first-order valence-corrected chi connectivity index (χ1v) is 9.47. The van der Waals surface area contributed by atoms with Crippen LogP contribution in [0.5, 0.6) is 0 Å². The molecule has 0 fully saturated rings. The van der Waals surface area contributed by atoms with E-state index in [1.54, 1.807) is 18.2 Å². The van der Waals surface area contributed by atoms with Crippen molar-refractivity contribution in [2.45, 2.75) is 6.18 Å². The largest absolute Gasteiger partial charge is 0.416 e. The molecule has 11 heteroatoms. The van der Waals surface area contributed by atoms with Gasteiger partial charge in [0, 0.05) is 23.5 Å². The minimum atomic E-state index is -4.47. The second kappa shape index (κ2) is 8.71. The average molecular weight is 456 g/mol. The molecule has 0 atom stereocenters. The van der Waals surface area contributed by atoms with Gasteiger partial charge in [-0.05, 0) is 36.4 Å². The molecule has 4 N–H and O–H groups in total. The Kier molecular flexibility index (Phi) is 5.80. The molecule has 0 unspecified atom stereocenters. The fourth-order valence-corrected chi connectivity index (χ4v) is 3.06. The molecule has 4 rings (SSSR count). The summed E-state index contributed by atoms with van der Waals surface area (Å²) in [6.07, 6.45) is -1.47. The van der Waals surface area contributed by atoms with Crippen molar-refractivity contribution in [1.29, 1.82) is 0 Å². The van der Waals surface area contributed by atoms with E-state index in [0.717, 1.165) is 17.1 Å². The van der Waals surface area contributed by atoms with Crippen LogP contribution in [0.4, 0.5) is 23.2 Å². The summed E-state index contributed by atoms with van der Waals surface area (Å²) in [6.45, 7) is 0. The van der Waals surface area contributed by atoms with Crippen LogP contribution in [0, 0.1) is 5.82 Å². The summed E-state index contributed by atoms with van der Waals surface area (Å²) in [5.74, 6) is 5.51. The average Bonchev–Trinajstić information content (AvgIpc) is 3.30. The van der Waals surface area contributed by atoms with Gasteiger partial charge >= 0.3 is 6.18 Å². The molecule has 0 radical (unpaired) electrons. The van der Waals surface area contributed by atoms with Gasteiger partial charge in [0.05, 0.1) is 16.9 Å². The van der Waals surface area contributed by atoms with Gasteiger partial charge in [-0.1, -0.05) is 29.4 Å². The first-order valence-electron chi connectivity index (χ1n) is 9.47. The number of benzene rings is 2. The lowest BCUT2D eigenvalue weighted by molar-refractivity contribution is -0.137. The van der Waals surface area contributed by atoms with Crippen LogP contribution in [0.1, 0.15) is 17.0 Å². The Morgan fingerprint density at radius 3 is 2.24 bits per heavy atom. The number of aromatic nitrogens is 3. The maximum atomic E-state index is 14.4. The Hall–Kier alpha value is -4.25. The van der Waals surface area contributed by atoms with Crippen molar-refractivity contribution < 1.29 is 22.1 Å². The third-order valence-electron chi connectivity index (χ3n) is 4.69. The van der Waals surface area contributed by atoms with Gasteiger partial charge in [0.1, 0.15) is 11.5 Å². The Labute approximate surface area is 184 Å². The van der Waals surface area contributed by atoms with Crippen molar-refractivity contribution in [3.63, 3.8) is 0 Å².